The van der Waals surface area contributed by atoms with Crippen molar-refractivity contribution in [1.82, 2.24) is 24.6 Å². The van der Waals surface area contributed by atoms with Gasteiger partial charge in [0.05, 0.1) is 18.4 Å². The van der Waals surface area contributed by atoms with Gasteiger partial charge in [0, 0.05) is 50.1 Å². The van der Waals surface area contributed by atoms with Crippen LogP contribution in [-0.4, -0.2) is 56.7 Å². The fraction of sp³-hybridized carbons (Fsp3) is 0.364. The number of carbonyl (C=O) groups excluding carboxylic acids is 1. The van der Waals surface area contributed by atoms with E-state index in [9.17, 15) is 9.18 Å². The molecule has 0 atom stereocenters. The third-order valence-electron chi connectivity index (χ3n) is 6.56. The zero-order chi connectivity index (χ0) is 22.0. The summed E-state index contributed by atoms with van der Waals surface area (Å²) in [6.45, 7) is 5.94. The Balaban J connectivity index is 1.25. The lowest BCUT2D eigenvalue weighted by Crippen LogP contribution is -2.73. The van der Waals surface area contributed by atoms with E-state index in [4.69, 9.17) is 11.6 Å². The molecule has 0 bridgehead atoms. The molecule has 8 nitrogen and oxygen atoms in total. The second-order valence-electron chi connectivity index (χ2n) is 8.95. The molecule has 3 aromatic rings. The number of halogens is 2. The third-order valence-corrected chi connectivity index (χ3v) is 6.79. The fourth-order valence-electron chi connectivity index (χ4n) is 5.00. The van der Waals surface area contributed by atoms with E-state index >= 15 is 0 Å². The van der Waals surface area contributed by atoms with Crippen LogP contribution in [0.2, 0.25) is 5.02 Å². The van der Waals surface area contributed by atoms with Crippen molar-refractivity contribution < 1.29 is 9.18 Å². The highest BCUT2D eigenvalue weighted by Crippen LogP contribution is 2.44. The van der Waals surface area contributed by atoms with Gasteiger partial charge in [0.15, 0.2) is 5.82 Å². The molecule has 10 heteroatoms. The van der Waals surface area contributed by atoms with E-state index in [-0.39, 0.29) is 17.1 Å². The summed E-state index contributed by atoms with van der Waals surface area (Å²) in [5, 5.41) is 9.55. The molecule has 3 aliphatic rings. The number of benzene rings is 1. The van der Waals surface area contributed by atoms with Crippen LogP contribution in [0.4, 0.5) is 16.2 Å². The van der Waals surface area contributed by atoms with Gasteiger partial charge in [-0.1, -0.05) is 11.6 Å². The Morgan fingerprint density at radius 1 is 1.06 bits per heavy atom. The minimum Gasteiger partial charge on any atom is -0.355 e. The van der Waals surface area contributed by atoms with Crippen LogP contribution in [0.5, 0.6) is 0 Å². The summed E-state index contributed by atoms with van der Waals surface area (Å²) in [4.78, 5) is 22.5. The zero-order valence-electron chi connectivity index (χ0n) is 17.5. The third kappa shape index (κ3) is 3.02. The van der Waals surface area contributed by atoms with Crippen LogP contribution < -0.4 is 9.80 Å². The normalized spacial score (nSPS) is 18.5. The molecule has 164 valence electrons. The van der Waals surface area contributed by atoms with E-state index in [1.165, 1.54) is 12.3 Å². The van der Waals surface area contributed by atoms with Crippen LogP contribution in [0.1, 0.15) is 18.3 Å². The number of aromatic nitrogens is 4. The summed E-state index contributed by atoms with van der Waals surface area (Å²) in [6, 6.07) is 8.90. The summed E-state index contributed by atoms with van der Waals surface area (Å²) in [6.07, 6.45) is 1.26. The Labute approximate surface area is 189 Å². The van der Waals surface area contributed by atoms with Crippen molar-refractivity contribution in [2.24, 2.45) is 5.41 Å². The van der Waals surface area contributed by atoms with Crippen LogP contribution in [0.3, 0.4) is 0 Å². The van der Waals surface area contributed by atoms with Gasteiger partial charge < -0.3 is 14.7 Å². The largest absolute Gasteiger partial charge is 0.355 e. The molecule has 1 amide bonds. The van der Waals surface area contributed by atoms with Crippen molar-refractivity contribution in [2.75, 3.05) is 36.0 Å². The first-order chi connectivity index (χ1) is 15.4. The number of hydrogen-bond donors (Lipinski definition) is 0. The topological polar surface area (TPSA) is 70.4 Å². The van der Waals surface area contributed by atoms with E-state index in [2.05, 4.69) is 29.5 Å². The van der Waals surface area contributed by atoms with E-state index < -0.39 is 0 Å². The van der Waals surface area contributed by atoms with Crippen molar-refractivity contribution in [3.63, 3.8) is 0 Å². The van der Waals surface area contributed by atoms with E-state index in [0.717, 1.165) is 55.0 Å². The number of hydrogen-bond acceptors (Lipinski definition) is 6. The minimum absolute atomic E-state index is 0.0132. The maximum atomic E-state index is 13.1. The second-order valence-corrected chi connectivity index (χ2v) is 9.38. The van der Waals surface area contributed by atoms with Gasteiger partial charge in [-0.3, -0.25) is 9.36 Å². The Morgan fingerprint density at radius 3 is 2.56 bits per heavy atom. The molecular formula is C22H21ClFN7O. The molecule has 0 radical (unpaired) electrons. The van der Waals surface area contributed by atoms with Crippen molar-refractivity contribution in [2.45, 2.75) is 20.0 Å². The molecule has 0 aliphatic carbocycles. The van der Waals surface area contributed by atoms with Gasteiger partial charge in [-0.2, -0.15) is 0 Å². The van der Waals surface area contributed by atoms with E-state index in [0.29, 0.717) is 18.1 Å². The zero-order valence-corrected chi connectivity index (χ0v) is 18.3. The number of nitrogens with zero attached hydrogens (tertiary/aromatic N) is 7. The maximum absolute atomic E-state index is 13.1. The van der Waals surface area contributed by atoms with Crippen molar-refractivity contribution in [3.8, 4) is 5.69 Å². The highest BCUT2D eigenvalue weighted by molar-refractivity contribution is 6.30. The monoisotopic (exact) mass is 453 g/mol. The lowest BCUT2D eigenvalue weighted by Gasteiger charge is -2.60. The number of pyridine rings is 1. The van der Waals surface area contributed by atoms with Gasteiger partial charge in [0.25, 0.3) is 0 Å². The van der Waals surface area contributed by atoms with Crippen LogP contribution in [0, 0.1) is 11.2 Å². The predicted octanol–water partition coefficient (Wildman–Crippen LogP) is 2.64. The molecule has 1 spiro atoms. The summed E-state index contributed by atoms with van der Waals surface area (Å²) in [5.41, 5.74) is 2.11. The highest BCUT2D eigenvalue weighted by Gasteiger charge is 2.53. The number of rotatable bonds is 2. The van der Waals surface area contributed by atoms with Crippen LogP contribution in [0.15, 0.2) is 36.5 Å². The lowest BCUT2D eigenvalue weighted by atomic mass is 9.73. The van der Waals surface area contributed by atoms with Crippen LogP contribution >= 0.6 is 11.6 Å². The summed E-state index contributed by atoms with van der Waals surface area (Å²) in [7, 11) is 0. The molecule has 2 saturated heterocycles. The number of amides is 1. The van der Waals surface area contributed by atoms with Crippen molar-refractivity contribution in [1.29, 1.82) is 0 Å². The second kappa shape index (κ2) is 6.90. The average molecular weight is 454 g/mol. The summed E-state index contributed by atoms with van der Waals surface area (Å²) < 4.78 is 15.2. The Kier molecular flexibility index (Phi) is 4.20. The quantitative estimate of drug-likeness (QED) is 0.594. The summed E-state index contributed by atoms with van der Waals surface area (Å²) >= 11 is 6.25. The molecule has 0 N–H and O–H groups in total. The Morgan fingerprint density at radius 2 is 1.84 bits per heavy atom. The van der Waals surface area contributed by atoms with E-state index in [1.807, 2.05) is 18.2 Å². The van der Waals surface area contributed by atoms with Gasteiger partial charge in [0.1, 0.15) is 11.6 Å². The van der Waals surface area contributed by atoms with Gasteiger partial charge in [-0.05, 0) is 35.9 Å². The van der Waals surface area contributed by atoms with Crippen molar-refractivity contribution in [3.05, 3.63) is 58.8 Å². The predicted molar refractivity (Wildman–Crippen MR) is 117 cm³/mol. The molecule has 2 aromatic heterocycles. The highest BCUT2D eigenvalue weighted by atomic mass is 35.5. The van der Waals surface area contributed by atoms with E-state index in [1.54, 1.807) is 17.9 Å². The molecule has 6 rings (SSSR count). The molecule has 32 heavy (non-hydrogen) atoms. The van der Waals surface area contributed by atoms with Gasteiger partial charge in [0.2, 0.25) is 11.9 Å². The standard InChI is InChI=1S/C22H21ClFN7O/c1-14(32)28-8-15-6-16(23)2-4-18(15)31-20(9-28)26-27-21(31)30-12-22(13-30)10-29(11-22)19-5-3-17(24)7-25-19/h2-7H,8-13H2,1H3. The molecule has 3 aliphatic heterocycles. The Bertz CT molecular complexity index is 1210. The Hall–Kier alpha value is -3.20. The average Bonchev–Trinajstić information content (AvgIpc) is 3.02. The molecule has 0 saturated carbocycles. The van der Waals surface area contributed by atoms with Crippen LogP contribution in [-0.2, 0) is 17.9 Å². The number of fused-ring (bicyclic) bond motifs is 3. The first-order valence-corrected chi connectivity index (χ1v) is 10.9. The van der Waals surface area contributed by atoms with Gasteiger partial charge in [-0.15, -0.1) is 10.2 Å². The van der Waals surface area contributed by atoms with Crippen molar-refractivity contribution >= 4 is 29.3 Å². The molecule has 2 fully saturated rings. The number of anilines is 2. The maximum Gasteiger partial charge on any atom is 0.232 e. The van der Waals surface area contributed by atoms with Gasteiger partial charge in [-0.25, -0.2) is 9.37 Å². The molecule has 1 aromatic carbocycles. The lowest BCUT2D eigenvalue weighted by molar-refractivity contribution is -0.130. The molecular weight excluding hydrogens is 433 g/mol. The SMILES string of the molecule is CC(=O)N1Cc2cc(Cl)ccc2-n2c(nnc2N2CC3(CN(c4ccc(F)cn4)C3)C2)C1. The van der Waals surface area contributed by atoms with Gasteiger partial charge >= 0.3 is 0 Å². The fourth-order valence-corrected chi connectivity index (χ4v) is 5.19. The summed E-state index contributed by atoms with van der Waals surface area (Å²) in [5.74, 6) is 2.00. The molecule has 5 heterocycles. The smallest absolute Gasteiger partial charge is 0.232 e. The first kappa shape index (κ1) is 19.5. The first-order valence-electron chi connectivity index (χ1n) is 10.5. The molecule has 0 unspecified atom stereocenters. The number of carbonyl (C=O) groups is 1. The minimum atomic E-state index is -0.323. The van der Waals surface area contributed by atoms with Crippen LogP contribution in [0.25, 0.3) is 5.69 Å².